The van der Waals surface area contributed by atoms with Crippen molar-refractivity contribution in [3.63, 3.8) is 0 Å². The summed E-state index contributed by atoms with van der Waals surface area (Å²) in [6.45, 7) is 9.51. The SMILES string of the molecule is CCOC(CN(C(=O)CC(CC1c2ccccc2-c2ccccc21)c1cccnc1)C(C)C)OCC. The fourth-order valence-corrected chi connectivity index (χ4v) is 5.37. The van der Waals surface area contributed by atoms with Crippen LogP contribution < -0.4 is 0 Å². The maximum Gasteiger partial charge on any atom is 0.223 e. The van der Waals surface area contributed by atoms with Gasteiger partial charge >= 0.3 is 0 Å². The molecule has 0 fully saturated rings. The molecule has 1 aromatic heterocycles. The van der Waals surface area contributed by atoms with E-state index in [1.165, 1.54) is 22.3 Å². The normalized spacial score (nSPS) is 13.6. The molecule has 1 heterocycles. The molecule has 0 spiro atoms. The number of pyridine rings is 1. The zero-order valence-corrected chi connectivity index (χ0v) is 21.9. The van der Waals surface area contributed by atoms with Crippen LogP contribution in [0.2, 0.25) is 0 Å². The van der Waals surface area contributed by atoms with Crippen LogP contribution in [-0.2, 0) is 14.3 Å². The number of carbonyl (C=O) groups is 1. The summed E-state index contributed by atoms with van der Waals surface area (Å²) in [4.78, 5) is 20.1. The number of hydrogen-bond donors (Lipinski definition) is 0. The number of amides is 1. The van der Waals surface area contributed by atoms with Gasteiger partial charge in [0.2, 0.25) is 5.91 Å². The number of rotatable bonds is 12. The number of hydrogen-bond acceptors (Lipinski definition) is 4. The Bertz CT molecular complexity index is 1080. The molecule has 0 aliphatic heterocycles. The van der Waals surface area contributed by atoms with Crippen LogP contribution in [0.25, 0.3) is 11.1 Å². The van der Waals surface area contributed by atoms with Crippen molar-refractivity contribution in [2.75, 3.05) is 19.8 Å². The van der Waals surface area contributed by atoms with Crippen LogP contribution in [-0.4, -0.2) is 47.9 Å². The van der Waals surface area contributed by atoms with Gasteiger partial charge in [0.25, 0.3) is 0 Å². The lowest BCUT2D eigenvalue weighted by Gasteiger charge is -2.32. The first-order valence-corrected chi connectivity index (χ1v) is 13.1. The fourth-order valence-electron chi connectivity index (χ4n) is 5.37. The molecule has 190 valence electrons. The third-order valence-electron chi connectivity index (χ3n) is 7.05. The average molecular weight is 487 g/mol. The highest BCUT2D eigenvalue weighted by Crippen LogP contribution is 2.48. The van der Waals surface area contributed by atoms with Crippen LogP contribution in [0.4, 0.5) is 0 Å². The van der Waals surface area contributed by atoms with Crippen molar-refractivity contribution in [2.45, 2.75) is 64.7 Å². The van der Waals surface area contributed by atoms with Crippen LogP contribution in [0.5, 0.6) is 0 Å². The minimum absolute atomic E-state index is 0.0364. The van der Waals surface area contributed by atoms with Crippen molar-refractivity contribution < 1.29 is 14.3 Å². The minimum atomic E-state index is -0.420. The number of ether oxygens (including phenoxy) is 2. The highest BCUT2D eigenvalue weighted by molar-refractivity contribution is 5.79. The van der Waals surface area contributed by atoms with Crippen molar-refractivity contribution in [2.24, 2.45) is 0 Å². The van der Waals surface area contributed by atoms with Crippen LogP contribution in [0.15, 0.2) is 73.1 Å². The van der Waals surface area contributed by atoms with Gasteiger partial charge in [0, 0.05) is 44.0 Å². The smallest absolute Gasteiger partial charge is 0.223 e. The van der Waals surface area contributed by atoms with Gasteiger partial charge in [0.15, 0.2) is 6.29 Å². The Labute approximate surface area is 215 Å². The molecule has 1 aliphatic carbocycles. The van der Waals surface area contributed by atoms with Gasteiger partial charge in [-0.1, -0.05) is 54.6 Å². The van der Waals surface area contributed by atoms with E-state index in [-0.39, 0.29) is 23.8 Å². The number of nitrogens with zero attached hydrogens (tertiary/aromatic N) is 2. The standard InChI is InChI=1S/C31H38N2O3/c1-5-35-31(36-6-2)21-33(22(3)4)30(34)19-24(23-12-11-17-32-20-23)18-29-27-15-9-7-13-25(27)26-14-8-10-16-28(26)29/h7-17,20,22,24,29,31H,5-6,18-19,21H2,1-4H3. The molecule has 1 atom stereocenters. The molecule has 3 aromatic rings. The van der Waals surface area contributed by atoms with E-state index in [1.807, 2.05) is 31.0 Å². The molecule has 5 heteroatoms. The molecule has 36 heavy (non-hydrogen) atoms. The largest absolute Gasteiger partial charge is 0.351 e. The summed E-state index contributed by atoms with van der Waals surface area (Å²) in [6.07, 6.45) is 4.54. The summed E-state index contributed by atoms with van der Waals surface area (Å²) in [5, 5.41) is 0. The summed E-state index contributed by atoms with van der Waals surface area (Å²) in [5.74, 6) is 0.389. The summed E-state index contributed by atoms with van der Waals surface area (Å²) in [6, 6.07) is 21.4. The van der Waals surface area contributed by atoms with E-state index in [9.17, 15) is 4.79 Å². The van der Waals surface area contributed by atoms with E-state index in [0.29, 0.717) is 26.2 Å². The van der Waals surface area contributed by atoms with Gasteiger partial charge < -0.3 is 14.4 Å². The Balaban J connectivity index is 1.61. The molecular weight excluding hydrogens is 448 g/mol. The molecule has 1 unspecified atom stereocenters. The van der Waals surface area contributed by atoms with Gasteiger partial charge in [-0.15, -0.1) is 0 Å². The maximum atomic E-state index is 13.8. The van der Waals surface area contributed by atoms with E-state index >= 15 is 0 Å². The minimum Gasteiger partial charge on any atom is -0.351 e. The van der Waals surface area contributed by atoms with Gasteiger partial charge in [0.05, 0.1) is 6.54 Å². The van der Waals surface area contributed by atoms with Gasteiger partial charge in [-0.05, 0) is 73.9 Å². The summed E-state index contributed by atoms with van der Waals surface area (Å²) in [7, 11) is 0. The number of aromatic nitrogens is 1. The Morgan fingerprint density at radius 2 is 1.53 bits per heavy atom. The molecule has 1 amide bonds. The third-order valence-corrected chi connectivity index (χ3v) is 7.05. The van der Waals surface area contributed by atoms with Crippen LogP contribution in [0.3, 0.4) is 0 Å². The molecule has 5 nitrogen and oxygen atoms in total. The third kappa shape index (κ3) is 5.85. The number of carbonyl (C=O) groups excluding carboxylic acids is 1. The van der Waals surface area contributed by atoms with Gasteiger partial charge in [-0.25, -0.2) is 0 Å². The first-order valence-electron chi connectivity index (χ1n) is 13.1. The zero-order valence-electron chi connectivity index (χ0n) is 21.9. The Hall–Kier alpha value is -3.02. The molecule has 1 aliphatic rings. The lowest BCUT2D eigenvalue weighted by Crippen LogP contribution is -2.44. The second kappa shape index (κ2) is 12.3. The second-order valence-electron chi connectivity index (χ2n) is 9.63. The molecule has 0 bridgehead atoms. The van der Waals surface area contributed by atoms with E-state index in [0.717, 1.165) is 12.0 Å². The monoisotopic (exact) mass is 486 g/mol. The Morgan fingerprint density at radius 1 is 0.917 bits per heavy atom. The number of benzene rings is 2. The highest BCUT2D eigenvalue weighted by Gasteiger charge is 2.33. The molecule has 0 saturated heterocycles. The lowest BCUT2D eigenvalue weighted by atomic mass is 9.82. The van der Waals surface area contributed by atoms with Crippen molar-refractivity contribution in [3.05, 3.63) is 89.7 Å². The molecular formula is C31H38N2O3. The van der Waals surface area contributed by atoms with Crippen molar-refractivity contribution in [1.82, 2.24) is 9.88 Å². The fraction of sp³-hybridized carbons (Fsp3) is 0.419. The quantitative estimate of drug-likeness (QED) is 0.278. The maximum absolute atomic E-state index is 13.8. The first kappa shape index (κ1) is 26.1. The van der Waals surface area contributed by atoms with Crippen LogP contribution >= 0.6 is 0 Å². The average Bonchev–Trinajstić information content (AvgIpc) is 3.21. The second-order valence-corrected chi connectivity index (χ2v) is 9.63. The van der Waals surface area contributed by atoms with E-state index in [2.05, 4.69) is 73.4 Å². The summed E-state index contributed by atoms with van der Waals surface area (Å²) in [5.41, 5.74) is 6.38. The summed E-state index contributed by atoms with van der Waals surface area (Å²) >= 11 is 0. The topological polar surface area (TPSA) is 51.7 Å². The van der Waals surface area contributed by atoms with Crippen LogP contribution in [0, 0.1) is 0 Å². The van der Waals surface area contributed by atoms with Crippen LogP contribution in [0.1, 0.15) is 69.1 Å². The molecule has 0 N–H and O–H groups in total. The predicted octanol–water partition coefficient (Wildman–Crippen LogP) is 6.39. The molecule has 2 aromatic carbocycles. The van der Waals surface area contributed by atoms with Gasteiger partial charge in [0.1, 0.15) is 0 Å². The van der Waals surface area contributed by atoms with E-state index < -0.39 is 6.29 Å². The molecule has 0 saturated carbocycles. The van der Waals surface area contributed by atoms with Gasteiger partial charge in [-0.3, -0.25) is 9.78 Å². The van der Waals surface area contributed by atoms with E-state index in [4.69, 9.17) is 9.47 Å². The predicted molar refractivity (Wildman–Crippen MR) is 144 cm³/mol. The lowest BCUT2D eigenvalue weighted by molar-refractivity contribution is -0.161. The number of fused-ring (bicyclic) bond motifs is 3. The van der Waals surface area contributed by atoms with Crippen molar-refractivity contribution in [1.29, 1.82) is 0 Å². The first-order chi connectivity index (χ1) is 17.5. The van der Waals surface area contributed by atoms with Crippen molar-refractivity contribution in [3.8, 4) is 11.1 Å². The summed E-state index contributed by atoms with van der Waals surface area (Å²) < 4.78 is 11.5. The Morgan fingerprint density at radius 3 is 2.06 bits per heavy atom. The van der Waals surface area contributed by atoms with E-state index in [1.54, 1.807) is 6.20 Å². The highest BCUT2D eigenvalue weighted by atomic mass is 16.7. The molecule has 4 rings (SSSR count). The van der Waals surface area contributed by atoms with Gasteiger partial charge in [-0.2, -0.15) is 0 Å². The zero-order chi connectivity index (χ0) is 25.5. The van der Waals surface area contributed by atoms with Crippen molar-refractivity contribution >= 4 is 5.91 Å². The molecule has 0 radical (unpaired) electrons. The Kier molecular flexibility index (Phi) is 8.89.